The maximum atomic E-state index is 5.97. The molecule has 164 valence electrons. The maximum absolute atomic E-state index is 5.97. The Morgan fingerprint density at radius 3 is 2.66 bits per heavy atom. The van der Waals surface area contributed by atoms with Crippen LogP contribution in [0.5, 0.6) is 5.75 Å². The zero-order valence-corrected chi connectivity index (χ0v) is 19.0. The van der Waals surface area contributed by atoms with Gasteiger partial charge in [-0.15, -0.1) is 5.10 Å². The van der Waals surface area contributed by atoms with E-state index in [1.54, 1.807) is 16.4 Å². The van der Waals surface area contributed by atoms with Gasteiger partial charge in [0.05, 0.1) is 5.69 Å². The molecule has 0 amide bonds. The highest BCUT2D eigenvalue weighted by Gasteiger charge is 2.08. The van der Waals surface area contributed by atoms with Gasteiger partial charge in [-0.3, -0.25) is 0 Å². The molecule has 1 heterocycles. The summed E-state index contributed by atoms with van der Waals surface area (Å²) in [7, 11) is 0. The van der Waals surface area contributed by atoms with Crippen LogP contribution in [-0.4, -0.2) is 32.5 Å². The minimum absolute atomic E-state index is 0.582. The molecule has 0 aliphatic rings. The minimum atomic E-state index is 0.582. The molecule has 1 aromatic heterocycles. The van der Waals surface area contributed by atoms with Gasteiger partial charge in [-0.05, 0) is 65.7 Å². The summed E-state index contributed by atoms with van der Waals surface area (Å²) in [4.78, 5) is 0. The lowest BCUT2D eigenvalue weighted by Gasteiger charge is -2.10. The smallest absolute Gasteiger partial charge is 0.214 e. The van der Waals surface area contributed by atoms with Gasteiger partial charge >= 0.3 is 0 Å². The third-order valence-electron chi connectivity index (χ3n) is 4.89. The number of tetrazole rings is 1. The lowest BCUT2D eigenvalue weighted by molar-refractivity contribution is 0.306. The van der Waals surface area contributed by atoms with Crippen LogP contribution in [-0.2, 0) is 13.2 Å². The molecule has 0 atom stereocenters. The fourth-order valence-corrected chi connectivity index (χ4v) is 4.14. The normalized spacial score (nSPS) is 10.9. The average Bonchev–Trinajstić information content (AvgIpc) is 3.29. The van der Waals surface area contributed by atoms with E-state index in [0.717, 1.165) is 41.9 Å². The number of ether oxygens (including phenoxy) is 1. The van der Waals surface area contributed by atoms with Crippen molar-refractivity contribution in [2.45, 2.75) is 31.7 Å². The Bertz CT molecular complexity index is 1120. The van der Waals surface area contributed by atoms with Crippen LogP contribution < -0.4 is 10.1 Å². The molecule has 0 aliphatic heterocycles. The van der Waals surface area contributed by atoms with Gasteiger partial charge in [0.1, 0.15) is 12.4 Å². The SMILES string of the molecule is Cc1cccc(COc2cccc(CNCCCSc3nnnn3-c3ccccc3)c2)c1. The first kappa shape index (κ1) is 22.0. The summed E-state index contributed by atoms with van der Waals surface area (Å²) in [6.07, 6.45) is 1.02. The van der Waals surface area contributed by atoms with Crippen molar-refractivity contribution in [2.75, 3.05) is 12.3 Å². The van der Waals surface area contributed by atoms with E-state index in [2.05, 4.69) is 64.2 Å². The van der Waals surface area contributed by atoms with Gasteiger partial charge in [-0.25, -0.2) is 0 Å². The van der Waals surface area contributed by atoms with E-state index < -0.39 is 0 Å². The van der Waals surface area contributed by atoms with Crippen molar-refractivity contribution in [3.05, 3.63) is 95.6 Å². The van der Waals surface area contributed by atoms with E-state index in [9.17, 15) is 0 Å². The quantitative estimate of drug-likeness (QED) is 0.264. The van der Waals surface area contributed by atoms with Gasteiger partial charge in [0.15, 0.2) is 0 Å². The highest BCUT2D eigenvalue weighted by atomic mass is 32.2. The van der Waals surface area contributed by atoms with Gasteiger partial charge in [-0.2, -0.15) is 4.68 Å². The first-order valence-corrected chi connectivity index (χ1v) is 11.7. The van der Waals surface area contributed by atoms with Crippen LogP contribution in [0.25, 0.3) is 5.69 Å². The second-order valence-corrected chi connectivity index (χ2v) is 8.57. The molecule has 4 aromatic rings. The molecule has 0 aliphatic carbocycles. The molecular formula is C25H27N5OS. The summed E-state index contributed by atoms with van der Waals surface area (Å²) in [5, 5.41) is 16.4. The molecule has 7 heteroatoms. The zero-order chi connectivity index (χ0) is 22.0. The number of nitrogens with zero attached hydrogens (tertiary/aromatic N) is 4. The topological polar surface area (TPSA) is 64.9 Å². The molecule has 0 fully saturated rings. The number of hydrogen-bond acceptors (Lipinski definition) is 6. The Balaban J connectivity index is 1.17. The molecule has 0 unspecified atom stereocenters. The lowest BCUT2D eigenvalue weighted by atomic mass is 10.1. The molecular weight excluding hydrogens is 418 g/mol. The summed E-state index contributed by atoms with van der Waals surface area (Å²) in [5.74, 6) is 1.84. The third-order valence-corrected chi connectivity index (χ3v) is 5.89. The molecule has 3 aromatic carbocycles. The average molecular weight is 446 g/mol. The summed E-state index contributed by atoms with van der Waals surface area (Å²) >= 11 is 1.67. The minimum Gasteiger partial charge on any atom is -0.489 e. The van der Waals surface area contributed by atoms with Crippen LogP contribution in [0, 0.1) is 6.92 Å². The van der Waals surface area contributed by atoms with Crippen molar-refractivity contribution in [1.29, 1.82) is 0 Å². The number of para-hydroxylation sites is 1. The van der Waals surface area contributed by atoms with Crippen LogP contribution in [0.1, 0.15) is 23.1 Å². The Morgan fingerprint density at radius 1 is 0.938 bits per heavy atom. The Morgan fingerprint density at radius 2 is 1.78 bits per heavy atom. The van der Waals surface area contributed by atoms with Crippen molar-refractivity contribution in [3.63, 3.8) is 0 Å². The second-order valence-electron chi connectivity index (χ2n) is 7.51. The van der Waals surface area contributed by atoms with E-state index in [1.165, 1.54) is 16.7 Å². The molecule has 0 bridgehead atoms. The first-order valence-electron chi connectivity index (χ1n) is 10.7. The fraction of sp³-hybridized carbons (Fsp3) is 0.240. The Labute approximate surface area is 193 Å². The molecule has 32 heavy (non-hydrogen) atoms. The summed E-state index contributed by atoms with van der Waals surface area (Å²) < 4.78 is 7.75. The standard InChI is InChI=1S/C25H27N5OS/c1-20-8-5-10-22(16-20)19-31-24-13-6-9-21(17-24)18-26-14-7-15-32-25-27-28-29-30(25)23-11-3-2-4-12-23/h2-6,8-13,16-17,26H,7,14-15,18-19H2,1H3. The van der Waals surface area contributed by atoms with Crippen molar-refractivity contribution < 1.29 is 4.74 Å². The molecule has 1 N–H and O–H groups in total. The maximum Gasteiger partial charge on any atom is 0.214 e. The van der Waals surface area contributed by atoms with E-state index in [0.29, 0.717) is 6.61 Å². The highest BCUT2D eigenvalue weighted by molar-refractivity contribution is 7.99. The Kier molecular flexibility index (Phi) is 7.89. The van der Waals surface area contributed by atoms with E-state index in [-0.39, 0.29) is 0 Å². The molecule has 4 rings (SSSR count). The summed E-state index contributed by atoms with van der Waals surface area (Å²) in [6, 6.07) is 26.6. The van der Waals surface area contributed by atoms with Gasteiger partial charge in [0.25, 0.3) is 0 Å². The third kappa shape index (κ3) is 6.42. The largest absolute Gasteiger partial charge is 0.489 e. The van der Waals surface area contributed by atoms with Gasteiger partial charge in [-0.1, -0.05) is 71.9 Å². The van der Waals surface area contributed by atoms with E-state index in [1.807, 2.05) is 42.5 Å². The van der Waals surface area contributed by atoms with Gasteiger partial charge < -0.3 is 10.1 Å². The van der Waals surface area contributed by atoms with E-state index in [4.69, 9.17) is 4.74 Å². The van der Waals surface area contributed by atoms with Crippen LogP contribution in [0.3, 0.4) is 0 Å². The van der Waals surface area contributed by atoms with Crippen LogP contribution in [0.2, 0.25) is 0 Å². The lowest BCUT2D eigenvalue weighted by Crippen LogP contribution is -2.15. The zero-order valence-electron chi connectivity index (χ0n) is 18.1. The van der Waals surface area contributed by atoms with Crippen LogP contribution >= 0.6 is 11.8 Å². The highest BCUT2D eigenvalue weighted by Crippen LogP contribution is 2.19. The Hall–Kier alpha value is -3.16. The van der Waals surface area contributed by atoms with Crippen LogP contribution in [0.15, 0.2) is 84.0 Å². The summed E-state index contributed by atoms with van der Waals surface area (Å²) in [6.45, 7) is 4.42. The predicted octanol–water partition coefficient (Wildman–Crippen LogP) is 4.82. The van der Waals surface area contributed by atoms with Crippen molar-refractivity contribution >= 4 is 11.8 Å². The molecule has 0 saturated carbocycles. The predicted molar refractivity (Wildman–Crippen MR) is 128 cm³/mol. The van der Waals surface area contributed by atoms with Crippen molar-refractivity contribution in [3.8, 4) is 11.4 Å². The molecule has 0 saturated heterocycles. The van der Waals surface area contributed by atoms with Crippen LogP contribution in [0.4, 0.5) is 0 Å². The van der Waals surface area contributed by atoms with Crippen molar-refractivity contribution in [1.82, 2.24) is 25.5 Å². The number of aromatic nitrogens is 4. The number of rotatable bonds is 11. The summed E-state index contributed by atoms with van der Waals surface area (Å²) in [5.41, 5.74) is 4.62. The number of aryl methyl sites for hydroxylation is 1. The molecule has 0 spiro atoms. The van der Waals surface area contributed by atoms with E-state index >= 15 is 0 Å². The number of benzene rings is 3. The second kappa shape index (κ2) is 11.5. The van der Waals surface area contributed by atoms with Crippen molar-refractivity contribution in [2.24, 2.45) is 0 Å². The van der Waals surface area contributed by atoms with Gasteiger partial charge in [0, 0.05) is 12.3 Å². The monoisotopic (exact) mass is 445 g/mol. The molecule has 6 nitrogen and oxygen atoms in total. The number of thioether (sulfide) groups is 1. The van der Waals surface area contributed by atoms with Gasteiger partial charge in [0.2, 0.25) is 5.16 Å². The first-order chi connectivity index (χ1) is 15.8. The number of hydrogen-bond donors (Lipinski definition) is 1. The number of nitrogens with one attached hydrogen (secondary N) is 1. The molecule has 0 radical (unpaired) electrons. The fourth-order valence-electron chi connectivity index (χ4n) is 3.31.